The van der Waals surface area contributed by atoms with Gasteiger partial charge in [0.1, 0.15) is 0 Å². The second-order valence-corrected chi connectivity index (χ2v) is 14.8. The molecular weight excluding hydrogens is 675 g/mol. The van der Waals surface area contributed by atoms with Gasteiger partial charge in [0, 0.05) is 16.9 Å². The molecule has 0 N–H and O–H groups in total. The molecule has 0 aliphatic heterocycles. The molecule has 0 heterocycles. The largest absolute Gasteiger partial charge is 0.310 e. The summed E-state index contributed by atoms with van der Waals surface area (Å²) in [5.41, 5.74) is 20.5. The van der Waals surface area contributed by atoms with Crippen LogP contribution in [0.2, 0.25) is 0 Å². The molecule has 1 spiro atoms. The van der Waals surface area contributed by atoms with Crippen LogP contribution >= 0.6 is 0 Å². The van der Waals surface area contributed by atoms with Crippen molar-refractivity contribution < 1.29 is 0 Å². The Hall–Kier alpha value is -7.22. The van der Waals surface area contributed by atoms with Crippen LogP contribution in [0.15, 0.2) is 224 Å². The third kappa shape index (κ3) is 4.81. The summed E-state index contributed by atoms with van der Waals surface area (Å²) in [4.78, 5) is 2.45. The van der Waals surface area contributed by atoms with Gasteiger partial charge in [-0.1, -0.05) is 194 Å². The molecule has 0 unspecified atom stereocenters. The number of benzene rings is 9. The first-order chi connectivity index (χ1) is 27.8. The Bertz CT molecular complexity index is 2860. The second-order valence-electron chi connectivity index (χ2n) is 14.8. The van der Waals surface area contributed by atoms with Crippen LogP contribution in [-0.2, 0) is 5.41 Å². The molecule has 262 valence electrons. The van der Waals surface area contributed by atoms with E-state index in [-0.39, 0.29) is 0 Å². The highest BCUT2D eigenvalue weighted by Crippen LogP contribution is 2.62. The van der Waals surface area contributed by atoms with Gasteiger partial charge in [0.25, 0.3) is 0 Å². The van der Waals surface area contributed by atoms with Crippen LogP contribution < -0.4 is 4.90 Å². The van der Waals surface area contributed by atoms with E-state index in [0.29, 0.717) is 0 Å². The predicted octanol–water partition coefficient (Wildman–Crippen LogP) is 14.5. The molecule has 9 aromatic carbocycles. The lowest BCUT2D eigenvalue weighted by Crippen LogP contribution is -2.29. The fourth-order valence-corrected chi connectivity index (χ4v) is 9.57. The van der Waals surface area contributed by atoms with Crippen LogP contribution in [0.5, 0.6) is 0 Å². The molecule has 2 aliphatic rings. The van der Waals surface area contributed by atoms with Gasteiger partial charge in [0.2, 0.25) is 0 Å². The summed E-state index contributed by atoms with van der Waals surface area (Å²) in [6.07, 6.45) is 0. The second kappa shape index (κ2) is 13.0. The Morgan fingerprint density at radius 3 is 1.23 bits per heavy atom. The van der Waals surface area contributed by atoms with Gasteiger partial charge >= 0.3 is 0 Å². The van der Waals surface area contributed by atoms with Crippen LogP contribution in [0.25, 0.3) is 55.6 Å². The van der Waals surface area contributed by atoms with Gasteiger partial charge in [-0.05, 0) is 103 Å². The molecule has 56 heavy (non-hydrogen) atoms. The Morgan fingerprint density at radius 1 is 0.250 bits per heavy atom. The third-order valence-corrected chi connectivity index (χ3v) is 11.9. The smallest absolute Gasteiger partial charge is 0.0725 e. The number of hydrogen-bond acceptors (Lipinski definition) is 1. The average molecular weight is 712 g/mol. The van der Waals surface area contributed by atoms with E-state index in [9.17, 15) is 0 Å². The van der Waals surface area contributed by atoms with E-state index in [0.717, 1.165) is 17.1 Å². The Kier molecular flexibility index (Phi) is 7.47. The van der Waals surface area contributed by atoms with E-state index in [1.54, 1.807) is 0 Å². The van der Waals surface area contributed by atoms with E-state index in [4.69, 9.17) is 0 Å². The summed E-state index contributed by atoms with van der Waals surface area (Å²) in [5, 5.41) is 0. The van der Waals surface area contributed by atoms with Crippen molar-refractivity contribution in [3.8, 4) is 55.6 Å². The van der Waals surface area contributed by atoms with E-state index in [1.807, 2.05) is 0 Å². The monoisotopic (exact) mass is 711 g/mol. The number of para-hydroxylation sites is 1. The van der Waals surface area contributed by atoms with Crippen LogP contribution in [0.1, 0.15) is 22.3 Å². The van der Waals surface area contributed by atoms with Gasteiger partial charge in [-0.15, -0.1) is 0 Å². The number of hydrogen-bond donors (Lipinski definition) is 0. The van der Waals surface area contributed by atoms with E-state index >= 15 is 0 Å². The quantitative estimate of drug-likeness (QED) is 0.172. The summed E-state index contributed by atoms with van der Waals surface area (Å²) in [6, 6.07) is 82.7. The van der Waals surface area contributed by atoms with Crippen LogP contribution in [-0.4, -0.2) is 0 Å². The molecule has 0 bridgehead atoms. The highest BCUT2D eigenvalue weighted by Gasteiger charge is 2.49. The average Bonchev–Trinajstić information content (AvgIpc) is 3.52. The number of rotatable bonds is 5. The van der Waals surface area contributed by atoms with Crippen molar-refractivity contribution in [2.45, 2.75) is 5.41 Å². The van der Waals surface area contributed by atoms with Gasteiger partial charge in [-0.25, -0.2) is 0 Å². The van der Waals surface area contributed by atoms with Gasteiger partial charge in [-0.2, -0.15) is 0 Å². The topological polar surface area (TPSA) is 3.24 Å². The first-order valence-corrected chi connectivity index (χ1v) is 19.4. The first kappa shape index (κ1) is 32.2. The van der Waals surface area contributed by atoms with Crippen molar-refractivity contribution >= 4 is 17.1 Å². The zero-order valence-electron chi connectivity index (χ0n) is 30.8. The van der Waals surface area contributed by atoms with Gasteiger partial charge in [0.15, 0.2) is 0 Å². The summed E-state index contributed by atoms with van der Waals surface area (Å²) in [5.74, 6) is 0. The number of nitrogens with zero attached hydrogens (tertiary/aromatic N) is 1. The van der Waals surface area contributed by atoms with Crippen LogP contribution in [0.4, 0.5) is 17.1 Å². The Labute approximate surface area is 328 Å². The molecule has 0 saturated carbocycles. The van der Waals surface area contributed by atoms with E-state index in [1.165, 1.54) is 77.9 Å². The maximum Gasteiger partial charge on any atom is 0.0725 e. The summed E-state index contributed by atoms with van der Waals surface area (Å²) < 4.78 is 0. The SMILES string of the molecule is c1ccc(-c2ccc(N(c3ccc4c(c3)-c3ccccc3-c3ccccc3C43c4ccccc4-c4ccccc43)c3ccccc3-c3ccccc3)cc2)cc1. The first-order valence-electron chi connectivity index (χ1n) is 19.4. The Balaban J connectivity index is 1.21. The third-order valence-electron chi connectivity index (χ3n) is 11.9. The fourth-order valence-electron chi connectivity index (χ4n) is 9.57. The molecular formula is C55H37N. The Morgan fingerprint density at radius 2 is 0.643 bits per heavy atom. The molecule has 0 saturated heterocycles. The molecule has 1 nitrogen and oxygen atoms in total. The molecule has 0 aromatic heterocycles. The highest BCUT2D eigenvalue weighted by molar-refractivity contribution is 5.99. The molecule has 11 rings (SSSR count). The van der Waals surface area contributed by atoms with Gasteiger partial charge < -0.3 is 4.90 Å². The van der Waals surface area contributed by atoms with Crippen LogP contribution in [0, 0.1) is 0 Å². The molecule has 0 radical (unpaired) electrons. The lowest BCUT2D eigenvalue weighted by molar-refractivity contribution is 0.775. The van der Waals surface area contributed by atoms with Crippen molar-refractivity contribution in [1.29, 1.82) is 0 Å². The van der Waals surface area contributed by atoms with E-state index < -0.39 is 5.41 Å². The normalized spacial score (nSPS) is 12.8. The maximum atomic E-state index is 2.46. The van der Waals surface area contributed by atoms with E-state index in [2.05, 4.69) is 229 Å². The molecule has 0 fully saturated rings. The lowest BCUT2D eigenvalue weighted by Gasteiger charge is -2.36. The summed E-state index contributed by atoms with van der Waals surface area (Å²) in [6.45, 7) is 0. The summed E-state index contributed by atoms with van der Waals surface area (Å²) >= 11 is 0. The van der Waals surface area contributed by atoms with Crippen molar-refractivity contribution in [1.82, 2.24) is 0 Å². The lowest BCUT2D eigenvalue weighted by atomic mass is 9.66. The summed E-state index contributed by atoms with van der Waals surface area (Å²) in [7, 11) is 0. The molecule has 9 aromatic rings. The van der Waals surface area contributed by atoms with Crippen molar-refractivity contribution in [2.24, 2.45) is 0 Å². The minimum absolute atomic E-state index is 0.513. The molecule has 0 amide bonds. The fraction of sp³-hybridized carbons (Fsp3) is 0.0182. The number of fused-ring (bicyclic) bond motifs is 12. The molecule has 1 heteroatoms. The zero-order chi connectivity index (χ0) is 37.1. The maximum absolute atomic E-state index is 2.46. The minimum atomic E-state index is -0.513. The van der Waals surface area contributed by atoms with Crippen molar-refractivity contribution in [3.05, 3.63) is 247 Å². The van der Waals surface area contributed by atoms with Gasteiger partial charge in [0.05, 0.1) is 11.1 Å². The molecule has 2 aliphatic carbocycles. The predicted molar refractivity (Wildman–Crippen MR) is 234 cm³/mol. The van der Waals surface area contributed by atoms with Crippen molar-refractivity contribution in [2.75, 3.05) is 4.90 Å². The minimum Gasteiger partial charge on any atom is -0.310 e. The van der Waals surface area contributed by atoms with Gasteiger partial charge in [-0.3, -0.25) is 0 Å². The number of anilines is 3. The standard InChI is InChI=1S/C55H37N/c1-3-17-38(18-4-1)39-31-33-41(34-32-39)56(54-30-16-12-21-43(54)40-19-5-2-6-20-40)42-35-36-53-49(37-42)45-23-8-7-22-44(45)46-24-9-13-27-50(46)55(53)51-28-14-10-25-47(51)48-26-11-15-29-52(48)55/h1-37H. The molecule has 0 atom stereocenters. The highest BCUT2D eigenvalue weighted by atomic mass is 15.1. The zero-order valence-corrected chi connectivity index (χ0v) is 30.8. The van der Waals surface area contributed by atoms with Crippen LogP contribution in [0.3, 0.4) is 0 Å². The van der Waals surface area contributed by atoms with Crippen molar-refractivity contribution in [3.63, 3.8) is 0 Å².